The zero-order valence-electron chi connectivity index (χ0n) is 16.6. The van der Waals surface area contributed by atoms with E-state index in [2.05, 4.69) is 25.0 Å². The number of rotatable bonds is 7. The molecule has 5 nitrogen and oxygen atoms in total. The van der Waals surface area contributed by atoms with E-state index in [4.69, 9.17) is 5.84 Å². The second-order valence-electron chi connectivity index (χ2n) is 7.65. The van der Waals surface area contributed by atoms with E-state index in [-0.39, 0.29) is 28.9 Å². The minimum absolute atomic E-state index is 0.0229. The minimum atomic E-state index is -0.538. The van der Waals surface area contributed by atoms with Crippen molar-refractivity contribution in [2.75, 3.05) is 0 Å². The molecule has 2 atom stereocenters. The van der Waals surface area contributed by atoms with Gasteiger partial charge in [0, 0.05) is 11.5 Å². The first-order valence-corrected chi connectivity index (χ1v) is 9.73. The van der Waals surface area contributed by atoms with Crippen LogP contribution in [0.3, 0.4) is 0 Å². The number of nitrogen functional groups attached to an aromatic ring is 1. The molecular formula is C22H32N2O3. The van der Waals surface area contributed by atoms with Crippen molar-refractivity contribution in [3.63, 3.8) is 0 Å². The van der Waals surface area contributed by atoms with Crippen LogP contribution in [0.1, 0.15) is 80.3 Å². The van der Waals surface area contributed by atoms with Gasteiger partial charge in [-0.05, 0) is 57.1 Å². The van der Waals surface area contributed by atoms with Crippen LogP contribution in [0, 0.1) is 5.92 Å². The quantitative estimate of drug-likeness (QED) is 0.187. The number of nitrogens with two attached hydrogens (primary N) is 1. The maximum absolute atomic E-state index is 12.4. The molecule has 0 fully saturated rings. The molecule has 0 spiro atoms. The maximum atomic E-state index is 12.4. The SMILES string of the molecule is C=C(C)[C@@H]1CCC(C)=C[C@H]1c1c(O)cc(CCCCC)c(C(=O)NN)c1O. The van der Waals surface area contributed by atoms with Gasteiger partial charge in [0.15, 0.2) is 0 Å². The number of aromatic hydroxyl groups is 2. The zero-order chi connectivity index (χ0) is 20.1. The number of hydrogen-bond acceptors (Lipinski definition) is 4. The monoisotopic (exact) mass is 372 g/mol. The van der Waals surface area contributed by atoms with Crippen molar-refractivity contribution < 1.29 is 15.0 Å². The first-order valence-electron chi connectivity index (χ1n) is 9.73. The van der Waals surface area contributed by atoms with E-state index in [9.17, 15) is 15.0 Å². The van der Waals surface area contributed by atoms with Crippen molar-refractivity contribution in [2.24, 2.45) is 11.8 Å². The Morgan fingerprint density at radius 1 is 1.37 bits per heavy atom. The molecule has 1 aliphatic carbocycles. The number of nitrogens with one attached hydrogen (secondary N) is 1. The Morgan fingerprint density at radius 3 is 2.67 bits per heavy atom. The third-order valence-corrected chi connectivity index (χ3v) is 5.52. The molecule has 5 N–H and O–H groups in total. The molecule has 2 rings (SSSR count). The van der Waals surface area contributed by atoms with Crippen molar-refractivity contribution >= 4 is 5.91 Å². The summed E-state index contributed by atoms with van der Waals surface area (Å²) in [5.74, 6) is 4.56. The van der Waals surface area contributed by atoms with Crippen LogP contribution in [0.15, 0.2) is 29.9 Å². The maximum Gasteiger partial charge on any atom is 0.269 e. The van der Waals surface area contributed by atoms with E-state index in [1.807, 2.05) is 13.8 Å². The predicted molar refractivity (Wildman–Crippen MR) is 109 cm³/mol. The fourth-order valence-corrected chi connectivity index (χ4v) is 4.05. The lowest BCUT2D eigenvalue weighted by Crippen LogP contribution is -2.31. The van der Waals surface area contributed by atoms with E-state index in [1.54, 1.807) is 6.07 Å². The van der Waals surface area contributed by atoms with Crippen LogP contribution < -0.4 is 11.3 Å². The second-order valence-corrected chi connectivity index (χ2v) is 7.65. The fourth-order valence-electron chi connectivity index (χ4n) is 4.05. The van der Waals surface area contributed by atoms with Crippen molar-refractivity contribution in [3.8, 4) is 11.5 Å². The van der Waals surface area contributed by atoms with E-state index in [0.29, 0.717) is 17.5 Å². The van der Waals surface area contributed by atoms with Crippen LogP contribution in [0.25, 0.3) is 0 Å². The van der Waals surface area contributed by atoms with Gasteiger partial charge in [0.25, 0.3) is 5.91 Å². The second kappa shape index (κ2) is 9.09. The van der Waals surface area contributed by atoms with Crippen molar-refractivity contribution in [1.29, 1.82) is 0 Å². The largest absolute Gasteiger partial charge is 0.507 e. The lowest BCUT2D eigenvalue weighted by molar-refractivity contribution is 0.0949. The minimum Gasteiger partial charge on any atom is -0.507 e. The normalized spacial score (nSPS) is 19.5. The fraction of sp³-hybridized carbons (Fsp3) is 0.500. The number of benzene rings is 1. The number of phenolic OH excluding ortho intramolecular Hbond substituents is 2. The number of carbonyl (C=O) groups excluding carboxylic acids is 1. The summed E-state index contributed by atoms with van der Waals surface area (Å²) in [6.07, 6.45) is 7.45. The highest BCUT2D eigenvalue weighted by atomic mass is 16.3. The van der Waals surface area contributed by atoms with Crippen LogP contribution >= 0.6 is 0 Å². The van der Waals surface area contributed by atoms with E-state index in [1.165, 1.54) is 5.57 Å². The third kappa shape index (κ3) is 4.53. The molecule has 0 unspecified atom stereocenters. The molecule has 1 aliphatic rings. The number of unbranched alkanes of at least 4 members (excludes halogenated alkanes) is 2. The summed E-state index contributed by atoms with van der Waals surface area (Å²) in [6.45, 7) is 10.2. The molecule has 0 heterocycles. The summed E-state index contributed by atoms with van der Waals surface area (Å²) in [7, 11) is 0. The van der Waals surface area contributed by atoms with Gasteiger partial charge in [-0.15, -0.1) is 0 Å². The van der Waals surface area contributed by atoms with Crippen LogP contribution in [-0.4, -0.2) is 16.1 Å². The molecule has 27 heavy (non-hydrogen) atoms. The van der Waals surface area contributed by atoms with Gasteiger partial charge in [0.1, 0.15) is 11.5 Å². The number of hydrazine groups is 1. The molecule has 1 aromatic rings. The summed E-state index contributed by atoms with van der Waals surface area (Å²) in [4.78, 5) is 12.4. The van der Waals surface area contributed by atoms with Crippen molar-refractivity contribution in [3.05, 3.63) is 46.6 Å². The summed E-state index contributed by atoms with van der Waals surface area (Å²) < 4.78 is 0. The number of amides is 1. The summed E-state index contributed by atoms with van der Waals surface area (Å²) >= 11 is 0. The number of carbonyl (C=O) groups is 1. The van der Waals surface area contributed by atoms with E-state index < -0.39 is 5.91 Å². The molecule has 0 bridgehead atoms. The molecule has 0 saturated heterocycles. The smallest absolute Gasteiger partial charge is 0.269 e. The number of phenols is 2. The van der Waals surface area contributed by atoms with Gasteiger partial charge in [-0.3, -0.25) is 10.2 Å². The Labute approximate surface area is 161 Å². The Morgan fingerprint density at radius 2 is 2.07 bits per heavy atom. The van der Waals surface area contributed by atoms with Gasteiger partial charge in [-0.25, -0.2) is 5.84 Å². The number of aryl methyl sites for hydroxylation is 1. The Hall–Kier alpha value is -2.27. The van der Waals surface area contributed by atoms with Crippen LogP contribution in [-0.2, 0) is 6.42 Å². The molecular weight excluding hydrogens is 340 g/mol. The summed E-state index contributed by atoms with van der Waals surface area (Å²) in [5, 5.41) is 21.8. The molecule has 148 valence electrons. The molecule has 1 amide bonds. The lowest BCUT2D eigenvalue weighted by Gasteiger charge is -2.32. The Kier molecular flexibility index (Phi) is 7.08. The molecule has 5 heteroatoms. The van der Waals surface area contributed by atoms with Gasteiger partial charge in [0.2, 0.25) is 0 Å². The standard InChI is InChI=1S/C22H32N2O3/c1-5-6-7-8-15-12-18(25)20(21(26)19(15)22(27)24-23)17-11-14(4)9-10-16(17)13(2)3/h11-12,16-17,25-26H,2,5-10,23H2,1,3-4H3,(H,24,27)/t16-,17+/m0/s1. The average molecular weight is 373 g/mol. The molecule has 0 aromatic heterocycles. The first kappa shape index (κ1) is 21.0. The van der Waals surface area contributed by atoms with Crippen LogP contribution in [0.5, 0.6) is 11.5 Å². The van der Waals surface area contributed by atoms with Crippen LogP contribution in [0.2, 0.25) is 0 Å². The highest BCUT2D eigenvalue weighted by molar-refractivity contribution is 5.99. The van der Waals surface area contributed by atoms with Gasteiger partial charge < -0.3 is 10.2 Å². The Bertz CT molecular complexity index is 752. The zero-order valence-corrected chi connectivity index (χ0v) is 16.6. The van der Waals surface area contributed by atoms with E-state index >= 15 is 0 Å². The molecule has 0 saturated carbocycles. The first-order chi connectivity index (χ1) is 12.8. The highest BCUT2D eigenvalue weighted by Crippen LogP contribution is 2.48. The molecule has 0 radical (unpaired) electrons. The van der Waals surface area contributed by atoms with Gasteiger partial charge in [-0.2, -0.15) is 0 Å². The van der Waals surface area contributed by atoms with Gasteiger partial charge in [-0.1, -0.05) is 43.6 Å². The predicted octanol–water partition coefficient (Wildman–Crippen LogP) is 4.45. The molecule has 1 aromatic carbocycles. The van der Waals surface area contributed by atoms with E-state index in [0.717, 1.165) is 37.7 Å². The van der Waals surface area contributed by atoms with Crippen LogP contribution in [0.4, 0.5) is 0 Å². The lowest BCUT2D eigenvalue weighted by atomic mass is 9.73. The average Bonchev–Trinajstić information content (AvgIpc) is 2.61. The highest BCUT2D eigenvalue weighted by Gasteiger charge is 2.32. The van der Waals surface area contributed by atoms with Gasteiger partial charge >= 0.3 is 0 Å². The topological polar surface area (TPSA) is 95.6 Å². The number of hydrogen-bond donors (Lipinski definition) is 4. The number of allylic oxidation sites excluding steroid dienone is 3. The van der Waals surface area contributed by atoms with Crippen molar-refractivity contribution in [1.82, 2.24) is 5.43 Å². The van der Waals surface area contributed by atoms with Crippen molar-refractivity contribution in [2.45, 2.75) is 65.2 Å². The Balaban J connectivity index is 2.61. The summed E-state index contributed by atoms with van der Waals surface area (Å²) in [5.41, 5.74) is 5.51. The summed E-state index contributed by atoms with van der Waals surface area (Å²) in [6, 6.07) is 1.61. The van der Waals surface area contributed by atoms with Gasteiger partial charge in [0.05, 0.1) is 5.56 Å². The molecule has 0 aliphatic heterocycles. The third-order valence-electron chi connectivity index (χ3n) is 5.52.